The minimum atomic E-state index is 0.0274. The molecular weight excluding hydrogens is 230 g/mol. The largest absolute Gasteiger partial charge is 0.348 e. The third-order valence-electron chi connectivity index (χ3n) is 2.84. The number of amides is 1. The fourth-order valence-corrected chi connectivity index (χ4v) is 2.83. The first kappa shape index (κ1) is 10.3. The number of hydrogen-bond acceptors (Lipinski definition) is 2. The molecule has 0 fully saturated rings. The molecule has 0 unspecified atom stereocenters. The van der Waals surface area contributed by atoms with Gasteiger partial charge in [-0.25, -0.2) is 0 Å². The summed E-state index contributed by atoms with van der Waals surface area (Å²) in [7, 11) is 0. The van der Waals surface area contributed by atoms with Crippen molar-refractivity contribution in [1.29, 1.82) is 0 Å². The van der Waals surface area contributed by atoms with Gasteiger partial charge < -0.3 is 5.32 Å². The molecule has 0 aliphatic carbocycles. The molecule has 1 N–H and O–H groups in total. The second kappa shape index (κ2) is 4.18. The monoisotopic (exact) mass is 241 g/mol. The number of nitrogens with one attached hydrogen (secondary N) is 1. The van der Waals surface area contributed by atoms with Crippen LogP contribution in [-0.4, -0.2) is 12.5 Å². The highest BCUT2D eigenvalue weighted by molar-refractivity contribution is 7.11. The van der Waals surface area contributed by atoms with Gasteiger partial charge in [0.25, 0.3) is 5.91 Å². The van der Waals surface area contributed by atoms with Gasteiger partial charge in [-0.15, -0.1) is 11.3 Å². The first-order valence-corrected chi connectivity index (χ1v) is 6.35. The molecule has 84 valence electrons. The average Bonchev–Trinajstić information content (AvgIpc) is 2.98. The van der Waals surface area contributed by atoms with E-state index >= 15 is 0 Å². The summed E-state index contributed by atoms with van der Waals surface area (Å²) in [5, 5.41) is 4.94. The zero-order valence-corrected chi connectivity index (χ0v) is 9.96. The van der Waals surface area contributed by atoms with Crippen LogP contribution in [0.25, 0.3) is 11.1 Å². The van der Waals surface area contributed by atoms with Crippen LogP contribution in [0, 0.1) is 0 Å². The van der Waals surface area contributed by atoms with Crippen molar-refractivity contribution in [2.75, 3.05) is 6.54 Å². The lowest BCUT2D eigenvalue weighted by atomic mass is 10.0. The van der Waals surface area contributed by atoms with Gasteiger partial charge in [0, 0.05) is 17.0 Å². The lowest BCUT2D eigenvalue weighted by Crippen LogP contribution is -2.16. The molecule has 1 aliphatic rings. The van der Waals surface area contributed by atoms with Crippen molar-refractivity contribution in [3.05, 3.63) is 58.3 Å². The molecule has 0 saturated carbocycles. The van der Waals surface area contributed by atoms with Crippen LogP contribution in [0.4, 0.5) is 0 Å². The van der Waals surface area contributed by atoms with Crippen LogP contribution in [0.3, 0.4) is 0 Å². The van der Waals surface area contributed by atoms with Gasteiger partial charge in [-0.2, -0.15) is 0 Å². The van der Waals surface area contributed by atoms with E-state index in [9.17, 15) is 4.79 Å². The highest BCUT2D eigenvalue weighted by Crippen LogP contribution is 2.32. The van der Waals surface area contributed by atoms with Crippen molar-refractivity contribution in [3.63, 3.8) is 0 Å². The Morgan fingerprint density at radius 3 is 2.59 bits per heavy atom. The molecule has 1 aromatic heterocycles. The first-order chi connectivity index (χ1) is 8.36. The van der Waals surface area contributed by atoms with E-state index in [2.05, 4.69) is 11.4 Å². The SMILES string of the molecule is O=C1NCC(c2cccs2)=C1c1ccccc1. The van der Waals surface area contributed by atoms with Gasteiger partial charge in [0.2, 0.25) is 0 Å². The molecule has 17 heavy (non-hydrogen) atoms. The summed E-state index contributed by atoms with van der Waals surface area (Å²) in [5.74, 6) is 0.0274. The summed E-state index contributed by atoms with van der Waals surface area (Å²) < 4.78 is 0. The fourth-order valence-electron chi connectivity index (χ4n) is 2.05. The Labute approximate surface area is 104 Å². The summed E-state index contributed by atoms with van der Waals surface area (Å²) in [4.78, 5) is 13.1. The van der Waals surface area contributed by atoms with E-state index < -0.39 is 0 Å². The zero-order chi connectivity index (χ0) is 11.7. The molecule has 0 saturated heterocycles. The Hall–Kier alpha value is -1.87. The Balaban J connectivity index is 2.16. The van der Waals surface area contributed by atoms with Gasteiger partial charge >= 0.3 is 0 Å². The molecule has 3 rings (SSSR count). The highest BCUT2D eigenvalue weighted by Gasteiger charge is 2.24. The molecular formula is C14H11NOS. The normalized spacial score (nSPS) is 15.2. The van der Waals surface area contributed by atoms with Gasteiger partial charge in [-0.05, 0) is 17.0 Å². The molecule has 2 nitrogen and oxygen atoms in total. The lowest BCUT2D eigenvalue weighted by Gasteiger charge is -2.02. The molecule has 2 aromatic rings. The van der Waals surface area contributed by atoms with Gasteiger partial charge in [0.1, 0.15) is 0 Å². The van der Waals surface area contributed by atoms with Gasteiger partial charge in [-0.1, -0.05) is 36.4 Å². The van der Waals surface area contributed by atoms with Crippen molar-refractivity contribution >= 4 is 28.4 Å². The topological polar surface area (TPSA) is 29.1 Å². The van der Waals surface area contributed by atoms with Crippen LogP contribution in [0.5, 0.6) is 0 Å². The lowest BCUT2D eigenvalue weighted by molar-refractivity contribution is -0.114. The van der Waals surface area contributed by atoms with Crippen molar-refractivity contribution < 1.29 is 4.79 Å². The smallest absolute Gasteiger partial charge is 0.252 e. The summed E-state index contributed by atoms with van der Waals surface area (Å²) in [6.45, 7) is 0.629. The molecule has 1 aromatic carbocycles. The van der Waals surface area contributed by atoms with E-state index in [-0.39, 0.29) is 5.91 Å². The van der Waals surface area contributed by atoms with E-state index in [1.54, 1.807) is 11.3 Å². The summed E-state index contributed by atoms with van der Waals surface area (Å²) in [6.07, 6.45) is 0. The van der Waals surface area contributed by atoms with E-state index in [4.69, 9.17) is 0 Å². The van der Waals surface area contributed by atoms with Gasteiger partial charge in [-0.3, -0.25) is 4.79 Å². The van der Waals surface area contributed by atoms with Crippen LogP contribution in [0.1, 0.15) is 10.4 Å². The Morgan fingerprint density at radius 1 is 1.06 bits per heavy atom. The van der Waals surface area contributed by atoms with Crippen molar-refractivity contribution in [2.24, 2.45) is 0 Å². The molecule has 0 bridgehead atoms. The zero-order valence-electron chi connectivity index (χ0n) is 9.14. The molecule has 2 heterocycles. The molecule has 3 heteroatoms. The van der Waals surface area contributed by atoms with Crippen LogP contribution < -0.4 is 5.32 Å². The van der Waals surface area contributed by atoms with E-state index in [0.29, 0.717) is 6.54 Å². The second-order valence-corrected chi connectivity index (χ2v) is 4.83. The first-order valence-electron chi connectivity index (χ1n) is 5.47. The van der Waals surface area contributed by atoms with Crippen LogP contribution in [0.15, 0.2) is 47.8 Å². The summed E-state index contributed by atoms with van der Waals surface area (Å²) >= 11 is 1.67. The molecule has 1 aliphatic heterocycles. The third kappa shape index (κ3) is 1.78. The second-order valence-electron chi connectivity index (χ2n) is 3.88. The third-order valence-corrected chi connectivity index (χ3v) is 3.77. The van der Waals surface area contributed by atoms with Crippen LogP contribution in [-0.2, 0) is 4.79 Å². The number of rotatable bonds is 2. The average molecular weight is 241 g/mol. The molecule has 0 atom stereocenters. The number of carbonyl (C=O) groups excluding carboxylic acids is 1. The van der Waals surface area contributed by atoms with Crippen molar-refractivity contribution in [3.8, 4) is 0 Å². The summed E-state index contributed by atoms with van der Waals surface area (Å²) in [5.41, 5.74) is 2.91. The minimum absolute atomic E-state index is 0.0274. The standard InChI is InChI=1S/C14H11NOS/c16-14-13(10-5-2-1-3-6-10)11(9-15-14)12-7-4-8-17-12/h1-8H,9H2,(H,15,16). The van der Waals surface area contributed by atoms with E-state index in [1.165, 1.54) is 4.88 Å². The van der Waals surface area contributed by atoms with Gasteiger partial charge in [0.05, 0.1) is 5.57 Å². The van der Waals surface area contributed by atoms with Crippen LogP contribution >= 0.6 is 11.3 Å². The van der Waals surface area contributed by atoms with Crippen LogP contribution in [0.2, 0.25) is 0 Å². The minimum Gasteiger partial charge on any atom is -0.348 e. The predicted octanol–water partition coefficient (Wildman–Crippen LogP) is 2.79. The van der Waals surface area contributed by atoms with E-state index in [0.717, 1.165) is 16.7 Å². The predicted molar refractivity (Wildman–Crippen MR) is 70.6 cm³/mol. The highest BCUT2D eigenvalue weighted by atomic mass is 32.1. The maximum absolute atomic E-state index is 11.9. The van der Waals surface area contributed by atoms with E-state index in [1.807, 2.05) is 41.8 Å². The Kier molecular flexibility index (Phi) is 2.53. The maximum atomic E-state index is 11.9. The maximum Gasteiger partial charge on any atom is 0.252 e. The number of carbonyl (C=O) groups is 1. The number of hydrogen-bond donors (Lipinski definition) is 1. The fraction of sp³-hybridized carbons (Fsp3) is 0.0714. The molecule has 0 spiro atoms. The number of thiophene rings is 1. The Morgan fingerprint density at radius 2 is 1.88 bits per heavy atom. The van der Waals surface area contributed by atoms with Gasteiger partial charge in [0.15, 0.2) is 0 Å². The molecule has 0 radical (unpaired) electrons. The number of benzene rings is 1. The molecule has 1 amide bonds. The van der Waals surface area contributed by atoms with Crippen molar-refractivity contribution in [1.82, 2.24) is 5.32 Å². The summed E-state index contributed by atoms with van der Waals surface area (Å²) in [6, 6.07) is 13.9. The Bertz CT molecular complexity index is 570. The van der Waals surface area contributed by atoms with Crippen molar-refractivity contribution in [2.45, 2.75) is 0 Å². The quantitative estimate of drug-likeness (QED) is 0.860.